The summed E-state index contributed by atoms with van der Waals surface area (Å²) < 4.78 is 43.0. The average Bonchev–Trinajstić information content (AvgIpc) is 3.33. The van der Waals surface area contributed by atoms with Gasteiger partial charge in [0.25, 0.3) is 5.91 Å². The second-order valence-electron chi connectivity index (χ2n) is 7.11. The summed E-state index contributed by atoms with van der Waals surface area (Å²) in [5.41, 5.74) is 0.381. The smallest absolute Gasteiger partial charge is 0.321 e. The molecule has 0 aliphatic heterocycles. The molecule has 2 N–H and O–H groups in total. The lowest BCUT2D eigenvalue weighted by molar-refractivity contribution is -0.142. The summed E-state index contributed by atoms with van der Waals surface area (Å²) in [6.45, 7) is 4.59. The van der Waals surface area contributed by atoms with Crippen LogP contribution in [0.2, 0.25) is 0 Å². The fraction of sp³-hybridized carbons (Fsp3) is 0.389. The number of carbonyl (C=O) groups is 2. The molecule has 0 aliphatic rings. The summed E-state index contributed by atoms with van der Waals surface area (Å²) in [6.07, 6.45) is -1.91. The van der Waals surface area contributed by atoms with Crippen LogP contribution in [0, 0.1) is 13.8 Å². The largest absolute Gasteiger partial charge is 0.436 e. The van der Waals surface area contributed by atoms with E-state index in [9.17, 15) is 22.8 Å². The number of aryl methyl sites for hydroxylation is 2. The third kappa shape index (κ3) is 4.26. The topological polar surface area (TPSA) is 112 Å². The molecule has 0 bridgehead atoms. The Morgan fingerprint density at radius 1 is 1.03 bits per heavy atom. The lowest BCUT2D eigenvalue weighted by atomic mass is 10.2. The molecule has 0 aromatic carbocycles. The Morgan fingerprint density at radius 2 is 1.62 bits per heavy atom. The van der Waals surface area contributed by atoms with Crippen molar-refractivity contribution < 1.29 is 22.8 Å². The van der Waals surface area contributed by atoms with Crippen LogP contribution in [0.15, 0.2) is 16.9 Å². The maximum atomic E-state index is 13.1. The van der Waals surface area contributed by atoms with Gasteiger partial charge in [0.2, 0.25) is 5.91 Å². The van der Waals surface area contributed by atoms with Crippen molar-refractivity contribution in [2.45, 2.75) is 33.0 Å². The van der Waals surface area contributed by atoms with E-state index in [0.29, 0.717) is 5.69 Å². The molecule has 1 atom stereocenters. The van der Waals surface area contributed by atoms with E-state index in [0.717, 1.165) is 10.4 Å². The third-order valence-electron chi connectivity index (χ3n) is 4.99. The number of hydrogen-bond donors (Lipinski definition) is 2. The average molecular weight is 517 g/mol. The molecule has 0 saturated heterocycles. The molecule has 0 radical (unpaired) electrons. The van der Waals surface area contributed by atoms with E-state index >= 15 is 0 Å². The van der Waals surface area contributed by atoms with E-state index in [-0.39, 0.29) is 21.5 Å². The molecule has 10 nitrogen and oxygen atoms in total. The highest BCUT2D eigenvalue weighted by atomic mass is 79.9. The monoisotopic (exact) mass is 516 g/mol. The summed E-state index contributed by atoms with van der Waals surface area (Å²) in [7, 11) is 3.25. The van der Waals surface area contributed by atoms with Gasteiger partial charge in [-0.1, -0.05) is 0 Å². The maximum Gasteiger partial charge on any atom is 0.436 e. The molecule has 0 fully saturated rings. The number of hydrogen-bond acceptors (Lipinski definition) is 5. The number of rotatable bonds is 5. The maximum absolute atomic E-state index is 13.1. The van der Waals surface area contributed by atoms with Crippen LogP contribution < -0.4 is 10.6 Å². The number of anilines is 2. The Labute approximate surface area is 188 Å². The number of amides is 2. The summed E-state index contributed by atoms with van der Waals surface area (Å²) in [5.74, 6) is -1.21. The minimum Gasteiger partial charge on any atom is -0.321 e. The Bertz CT molecular complexity index is 1190. The van der Waals surface area contributed by atoms with E-state index in [1.807, 2.05) is 0 Å². The van der Waals surface area contributed by atoms with Crippen molar-refractivity contribution >= 4 is 39.1 Å². The summed E-state index contributed by atoms with van der Waals surface area (Å²) >= 11 is 2.89. The second-order valence-corrected chi connectivity index (χ2v) is 7.90. The summed E-state index contributed by atoms with van der Waals surface area (Å²) in [6, 6.07) is -1.10. The zero-order chi connectivity index (χ0) is 24.0. The number of alkyl halides is 3. The van der Waals surface area contributed by atoms with E-state index in [4.69, 9.17) is 0 Å². The van der Waals surface area contributed by atoms with Crippen LogP contribution in [0.1, 0.15) is 40.5 Å². The first-order chi connectivity index (χ1) is 14.8. The first-order valence-electron chi connectivity index (χ1n) is 9.27. The molecule has 32 heavy (non-hydrogen) atoms. The van der Waals surface area contributed by atoms with Crippen LogP contribution in [0.5, 0.6) is 0 Å². The van der Waals surface area contributed by atoms with Crippen molar-refractivity contribution in [2.24, 2.45) is 14.1 Å². The van der Waals surface area contributed by atoms with Crippen LogP contribution in [-0.4, -0.2) is 41.2 Å². The Morgan fingerprint density at radius 3 is 2.16 bits per heavy atom. The normalized spacial score (nSPS) is 12.7. The van der Waals surface area contributed by atoms with Crippen molar-refractivity contribution in [1.82, 2.24) is 29.3 Å². The Hall–Kier alpha value is -3.16. The van der Waals surface area contributed by atoms with Gasteiger partial charge in [-0.15, -0.1) is 0 Å². The van der Waals surface area contributed by atoms with Crippen molar-refractivity contribution in [2.75, 3.05) is 10.6 Å². The number of carbonyl (C=O) groups excluding carboxylic acids is 2. The summed E-state index contributed by atoms with van der Waals surface area (Å²) in [5, 5.41) is 16.9. The van der Waals surface area contributed by atoms with Gasteiger partial charge in [-0.05, 0) is 36.7 Å². The molecule has 14 heteroatoms. The van der Waals surface area contributed by atoms with Crippen LogP contribution in [0.3, 0.4) is 0 Å². The highest BCUT2D eigenvalue weighted by Gasteiger charge is 2.39. The van der Waals surface area contributed by atoms with E-state index in [2.05, 4.69) is 41.9 Å². The number of halogens is 4. The SMILES string of the molecule is Cc1c(NC(=O)c2c(NC(=O)[C@@H](C)n3nc(C(F)(F)F)c(Br)c3C)cnn2C)cnn1C. The molecule has 0 spiro atoms. The molecule has 172 valence electrons. The van der Waals surface area contributed by atoms with E-state index in [1.54, 1.807) is 18.7 Å². The van der Waals surface area contributed by atoms with Crippen molar-refractivity contribution in [1.29, 1.82) is 0 Å². The zero-order valence-electron chi connectivity index (χ0n) is 17.7. The molecule has 0 unspecified atom stereocenters. The van der Waals surface area contributed by atoms with Crippen molar-refractivity contribution in [3.05, 3.63) is 39.6 Å². The van der Waals surface area contributed by atoms with Gasteiger partial charge >= 0.3 is 6.18 Å². The minimum atomic E-state index is -4.68. The number of aromatic nitrogens is 6. The first kappa shape index (κ1) is 23.5. The van der Waals surface area contributed by atoms with Crippen LogP contribution in [0.4, 0.5) is 24.5 Å². The van der Waals surface area contributed by atoms with Crippen LogP contribution >= 0.6 is 15.9 Å². The molecule has 2 amide bonds. The van der Waals surface area contributed by atoms with Crippen LogP contribution in [0.25, 0.3) is 0 Å². The number of nitrogens with one attached hydrogen (secondary N) is 2. The molecule has 3 rings (SSSR count). The predicted octanol–water partition coefficient (Wildman–Crippen LogP) is 3.20. The molecular formula is C18H20BrF3N8O2. The highest BCUT2D eigenvalue weighted by Crippen LogP contribution is 2.36. The first-order valence-corrected chi connectivity index (χ1v) is 10.1. The zero-order valence-corrected chi connectivity index (χ0v) is 19.3. The minimum absolute atomic E-state index is 0.0585. The fourth-order valence-corrected chi connectivity index (χ4v) is 3.49. The van der Waals surface area contributed by atoms with Crippen LogP contribution in [-0.2, 0) is 25.1 Å². The van der Waals surface area contributed by atoms with Gasteiger partial charge < -0.3 is 10.6 Å². The van der Waals surface area contributed by atoms with Gasteiger partial charge in [0.15, 0.2) is 5.69 Å². The van der Waals surface area contributed by atoms with Gasteiger partial charge in [-0.25, -0.2) is 0 Å². The third-order valence-corrected chi connectivity index (χ3v) is 5.94. The fourth-order valence-electron chi connectivity index (χ4n) is 3.01. The van der Waals surface area contributed by atoms with E-state index < -0.39 is 29.7 Å². The summed E-state index contributed by atoms with van der Waals surface area (Å²) in [4.78, 5) is 25.6. The molecule has 3 aromatic heterocycles. The van der Waals surface area contributed by atoms with Crippen molar-refractivity contribution in [3.63, 3.8) is 0 Å². The van der Waals surface area contributed by atoms with Gasteiger partial charge in [0.05, 0.1) is 39.6 Å². The lowest BCUT2D eigenvalue weighted by Gasteiger charge is -2.15. The quantitative estimate of drug-likeness (QED) is 0.540. The van der Waals surface area contributed by atoms with Gasteiger partial charge in [0, 0.05) is 14.1 Å². The molecule has 3 aromatic rings. The Kier molecular flexibility index (Phi) is 6.18. The lowest BCUT2D eigenvalue weighted by Crippen LogP contribution is -2.27. The molecular weight excluding hydrogens is 497 g/mol. The second kappa shape index (κ2) is 8.41. The van der Waals surface area contributed by atoms with Gasteiger partial charge in [0.1, 0.15) is 11.7 Å². The highest BCUT2D eigenvalue weighted by molar-refractivity contribution is 9.10. The van der Waals surface area contributed by atoms with Crippen molar-refractivity contribution in [3.8, 4) is 0 Å². The van der Waals surface area contributed by atoms with Gasteiger partial charge in [-0.3, -0.25) is 23.6 Å². The van der Waals surface area contributed by atoms with Gasteiger partial charge in [-0.2, -0.15) is 28.5 Å². The molecule has 0 saturated carbocycles. The van der Waals surface area contributed by atoms with E-state index in [1.165, 1.54) is 38.0 Å². The number of nitrogens with zero attached hydrogens (tertiary/aromatic N) is 6. The molecule has 3 heterocycles. The predicted molar refractivity (Wildman–Crippen MR) is 112 cm³/mol. The molecule has 0 aliphatic carbocycles. The Balaban J connectivity index is 1.84. The standard InChI is InChI=1S/C18H20BrF3N8O2/c1-8-11(6-23-28(8)4)25-17(32)14-12(7-24-29(14)5)26-16(31)10(3)30-9(2)13(19)15(27-30)18(20,21)22/h6-7,10H,1-5H3,(H,25,32)(H,26,31)/t10-/m1/s1.